The predicted molar refractivity (Wildman–Crippen MR) is 47.0 cm³/mol. The van der Waals surface area contributed by atoms with E-state index >= 15 is 0 Å². The van der Waals surface area contributed by atoms with Crippen LogP contribution < -0.4 is 0 Å². The summed E-state index contributed by atoms with van der Waals surface area (Å²) >= 11 is 0. The number of aldehydes is 1. The van der Waals surface area contributed by atoms with Crippen molar-refractivity contribution in [3.8, 4) is 0 Å². The molecule has 80 valence electrons. The largest absolute Gasteiger partial charge is 0.481 e. The molecule has 1 heterocycles. The van der Waals surface area contributed by atoms with Crippen molar-refractivity contribution in [3.63, 3.8) is 0 Å². The van der Waals surface area contributed by atoms with Crippen LogP contribution in [0.4, 0.5) is 0 Å². The third-order valence-corrected chi connectivity index (χ3v) is 2.23. The van der Waals surface area contributed by atoms with Gasteiger partial charge in [-0.3, -0.25) is 4.79 Å². The van der Waals surface area contributed by atoms with Crippen LogP contribution in [0.3, 0.4) is 0 Å². The summed E-state index contributed by atoms with van der Waals surface area (Å²) in [5.74, 6) is -0.896. The smallest absolute Gasteiger partial charge is 0.305 e. The summed E-state index contributed by atoms with van der Waals surface area (Å²) in [6.07, 6.45) is 1.47. The SMILES string of the molecule is O=CC1(COCCC(=O)O)CCOC1. The summed E-state index contributed by atoms with van der Waals surface area (Å²) in [5, 5.41) is 8.35. The number of ether oxygens (including phenoxy) is 2. The second-order valence-corrected chi connectivity index (χ2v) is 3.48. The Bertz CT molecular complexity index is 207. The van der Waals surface area contributed by atoms with E-state index in [1.54, 1.807) is 0 Å². The number of hydrogen-bond acceptors (Lipinski definition) is 4. The van der Waals surface area contributed by atoms with Gasteiger partial charge in [-0.2, -0.15) is 0 Å². The molecule has 1 rings (SSSR count). The average molecular weight is 202 g/mol. The molecular formula is C9H14O5. The highest BCUT2D eigenvalue weighted by Gasteiger charge is 2.34. The average Bonchev–Trinajstić information content (AvgIpc) is 2.62. The van der Waals surface area contributed by atoms with E-state index in [4.69, 9.17) is 14.6 Å². The van der Waals surface area contributed by atoms with Crippen LogP contribution in [0.2, 0.25) is 0 Å². The van der Waals surface area contributed by atoms with E-state index in [2.05, 4.69) is 0 Å². The van der Waals surface area contributed by atoms with E-state index in [0.29, 0.717) is 19.6 Å². The second-order valence-electron chi connectivity index (χ2n) is 3.48. The van der Waals surface area contributed by atoms with Crippen molar-refractivity contribution in [2.75, 3.05) is 26.4 Å². The Labute approximate surface area is 82.0 Å². The monoisotopic (exact) mass is 202 g/mol. The summed E-state index contributed by atoms with van der Waals surface area (Å²) in [6.45, 7) is 1.35. The predicted octanol–water partition coefficient (Wildman–Crippen LogP) is 0.0833. The molecule has 1 aliphatic rings. The molecule has 0 aromatic rings. The van der Waals surface area contributed by atoms with Gasteiger partial charge < -0.3 is 19.4 Å². The number of carbonyl (C=O) groups is 2. The maximum atomic E-state index is 10.8. The van der Waals surface area contributed by atoms with Gasteiger partial charge in [0.15, 0.2) is 0 Å². The lowest BCUT2D eigenvalue weighted by molar-refractivity contribution is -0.138. The molecule has 0 aliphatic carbocycles. The zero-order valence-electron chi connectivity index (χ0n) is 7.90. The van der Waals surface area contributed by atoms with Crippen LogP contribution in [-0.4, -0.2) is 43.8 Å². The fourth-order valence-corrected chi connectivity index (χ4v) is 1.30. The first-order chi connectivity index (χ1) is 6.68. The van der Waals surface area contributed by atoms with Gasteiger partial charge in [0, 0.05) is 6.61 Å². The molecule has 0 bridgehead atoms. The van der Waals surface area contributed by atoms with Gasteiger partial charge in [0.05, 0.1) is 31.7 Å². The molecule has 0 amide bonds. The number of carboxylic acids is 1. The normalized spacial score (nSPS) is 26.3. The van der Waals surface area contributed by atoms with E-state index < -0.39 is 11.4 Å². The summed E-state index contributed by atoms with van der Waals surface area (Å²) in [4.78, 5) is 21.0. The van der Waals surface area contributed by atoms with Gasteiger partial charge >= 0.3 is 5.97 Å². The molecule has 0 aromatic heterocycles. The molecule has 14 heavy (non-hydrogen) atoms. The van der Waals surface area contributed by atoms with E-state index in [1.807, 2.05) is 0 Å². The molecule has 0 aromatic carbocycles. The van der Waals surface area contributed by atoms with Gasteiger partial charge in [-0.25, -0.2) is 0 Å². The van der Waals surface area contributed by atoms with Gasteiger partial charge in [0.25, 0.3) is 0 Å². The number of aliphatic carboxylic acids is 1. The Kier molecular flexibility index (Phi) is 4.03. The number of carboxylic acid groups (broad SMARTS) is 1. The highest BCUT2D eigenvalue weighted by molar-refractivity contribution is 5.66. The van der Waals surface area contributed by atoms with Crippen LogP contribution in [-0.2, 0) is 19.1 Å². The summed E-state index contributed by atoms with van der Waals surface area (Å²) < 4.78 is 10.2. The van der Waals surface area contributed by atoms with Crippen molar-refractivity contribution in [2.24, 2.45) is 5.41 Å². The Morgan fingerprint density at radius 2 is 2.43 bits per heavy atom. The quantitative estimate of drug-likeness (QED) is 0.488. The minimum absolute atomic E-state index is 0.0320. The topological polar surface area (TPSA) is 72.8 Å². The minimum Gasteiger partial charge on any atom is -0.481 e. The third kappa shape index (κ3) is 3.08. The van der Waals surface area contributed by atoms with Crippen LogP contribution in [0.25, 0.3) is 0 Å². The van der Waals surface area contributed by atoms with E-state index in [9.17, 15) is 9.59 Å². The van der Waals surface area contributed by atoms with Crippen LogP contribution >= 0.6 is 0 Å². The molecule has 0 spiro atoms. The van der Waals surface area contributed by atoms with Crippen molar-refractivity contribution >= 4 is 12.3 Å². The van der Waals surface area contributed by atoms with E-state index in [-0.39, 0.29) is 19.6 Å². The first-order valence-corrected chi connectivity index (χ1v) is 4.52. The molecule has 1 saturated heterocycles. The van der Waals surface area contributed by atoms with E-state index in [0.717, 1.165) is 6.29 Å². The molecule has 1 unspecified atom stereocenters. The van der Waals surface area contributed by atoms with Crippen LogP contribution in [0.15, 0.2) is 0 Å². The highest BCUT2D eigenvalue weighted by Crippen LogP contribution is 2.26. The van der Waals surface area contributed by atoms with Crippen molar-refractivity contribution in [2.45, 2.75) is 12.8 Å². The molecule has 1 aliphatic heterocycles. The van der Waals surface area contributed by atoms with Crippen LogP contribution in [0.5, 0.6) is 0 Å². The number of carbonyl (C=O) groups excluding carboxylic acids is 1. The van der Waals surface area contributed by atoms with Crippen molar-refractivity contribution < 1.29 is 24.2 Å². The molecule has 0 saturated carbocycles. The molecule has 5 nitrogen and oxygen atoms in total. The maximum absolute atomic E-state index is 10.8. The third-order valence-electron chi connectivity index (χ3n) is 2.23. The zero-order chi connectivity index (χ0) is 10.4. The van der Waals surface area contributed by atoms with Gasteiger partial charge in [0.2, 0.25) is 0 Å². The maximum Gasteiger partial charge on any atom is 0.305 e. The standard InChI is InChI=1S/C9H14O5/c10-5-9(2-4-14-7-9)6-13-3-1-8(11)12/h5H,1-4,6-7H2,(H,11,12). The van der Waals surface area contributed by atoms with Crippen LogP contribution in [0, 0.1) is 5.41 Å². The van der Waals surface area contributed by atoms with Gasteiger partial charge in [-0.1, -0.05) is 0 Å². The zero-order valence-corrected chi connectivity index (χ0v) is 7.90. The Morgan fingerprint density at radius 3 is 2.93 bits per heavy atom. The van der Waals surface area contributed by atoms with Crippen molar-refractivity contribution in [1.29, 1.82) is 0 Å². The lowest BCUT2D eigenvalue weighted by Gasteiger charge is -2.19. The van der Waals surface area contributed by atoms with Crippen LogP contribution in [0.1, 0.15) is 12.8 Å². The summed E-state index contributed by atoms with van der Waals surface area (Å²) in [6, 6.07) is 0. The summed E-state index contributed by atoms with van der Waals surface area (Å²) in [7, 11) is 0. The molecule has 1 fully saturated rings. The van der Waals surface area contributed by atoms with Crippen molar-refractivity contribution in [3.05, 3.63) is 0 Å². The number of rotatable bonds is 6. The van der Waals surface area contributed by atoms with Crippen molar-refractivity contribution in [1.82, 2.24) is 0 Å². The molecular weight excluding hydrogens is 188 g/mol. The molecule has 1 atom stereocenters. The Hall–Kier alpha value is -0.940. The second kappa shape index (κ2) is 5.07. The minimum atomic E-state index is -0.896. The summed E-state index contributed by atoms with van der Waals surface area (Å²) in [5.41, 5.74) is -0.543. The lowest BCUT2D eigenvalue weighted by atomic mass is 9.90. The molecule has 0 radical (unpaired) electrons. The van der Waals surface area contributed by atoms with E-state index in [1.165, 1.54) is 0 Å². The molecule has 1 N–H and O–H groups in total. The molecule has 5 heteroatoms. The highest BCUT2D eigenvalue weighted by atomic mass is 16.5. The first-order valence-electron chi connectivity index (χ1n) is 4.52. The van der Waals surface area contributed by atoms with Gasteiger partial charge in [-0.15, -0.1) is 0 Å². The fourth-order valence-electron chi connectivity index (χ4n) is 1.30. The van der Waals surface area contributed by atoms with Gasteiger partial charge in [-0.05, 0) is 6.42 Å². The Morgan fingerprint density at radius 1 is 1.64 bits per heavy atom. The van der Waals surface area contributed by atoms with Gasteiger partial charge in [0.1, 0.15) is 6.29 Å². The lowest BCUT2D eigenvalue weighted by Crippen LogP contribution is -2.29. The Balaban J connectivity index is 2.21. The first kappa shape index (κ1) is 11.1. The fraction of sp³-hybridized carbons (Fsp3) is 0.778. The number of hydrogen-bond donors (Lipinski definition) is 1.